The fraction of sp³-hybridized carbons (Fsp3) is 0.143. The Bertz CT molecular complexity index is 888. The molecule has 0 saturated heterocycles. The highest BCUT2D eigenvalue weighted by Crippen LogP contribution is 2.13. The highest BCUT2D eigenvalue weighted by molar-refractivity contribution is 7.97. The van der Waals surface area contributed by atoms with Gasteiger partial charge >= 0.3 is 0 Å². The second kappa shape index (κ2) is 9.09. The van der Waals surface area contributed by atoms with E-state index in [1.165, 1.54) is 11.8 Å². The molecule has 6 heteroatoms. The smallest absolute Gasteiger partial charge is 0.291 e. The van der Waals surface area contributed by atoms with Crippen LogP contribution in [0.5, 0.6) is 0 Å². The van der Waals surface area contributed by atoms with Gasteiger partial charge in [-0.3, -0.25) is 9.59 Å². The molecule has 1 aromatic heterocycles. The van der Waals surface area contributed by atoms with Crippen LogP contribution in [0.3, 0.4) is 0 Å². The Morgan fingerprint density at radius 2 is 1.63 bits per heavy atom. The van der Waals surface area contributed by atoms with Gasteiger partial charge in [-0.15, -0.1) is 0 Å². The van der Waals surface area contributed by atoms with E-state index in [1.807, 2.05) is 42.7 Å². The lowest BCUT2D eigenvalue weighted by Gasteiger charge is -2.08. The Morgan fingerprint density at radius 3 is 2.26 bits per heavy atom. The number of nitrogens with one attached hydrogen (secondary N) is 2. The number of anilines is 1. The van der Waals surface area contributed by atoms with Crippen molar-refractivity contribution >= 4 is 29.3 Å². The minimum atomic E-state index is -0.300. The monoisotopic (exact) mass is 380 g/mol. The van der Waals surface area contributed by atoms with E-state index in [9.17, 15) is 9.59 Å². The molecule has 0 saturated carbocycles. The normalized spacial score (nSPS) is 10.4. The number of thioether (sulfide) groups is 1. The second-order valence-corrected chi connectivity index (χ2v) is 6.81. The van der Waals surface area contributed by atoms with Gasteiger partial charge in [0.2, 0.25) is 0 Å². The maximum atomic E-state index is 12.2. The SMILES string of the molecule is CSCc1ccc(C(=O)NCc2ccc(NC(=O)c3ccco3)cc2)cc1. The van der Waals surface area contributed by atoms with E-state index in [0.29, 0.717) is 17.8 Å². The van der Waals surface area contributed by atoms with Gasteiger partial charge in [0.05, 0.1) is 6.26 Å². The first kappa shape index (κ1) is 18.8. The van der Waals surface area contributed by atoms with Crippen LogP contribution in [-0.2, 0) is 12.3 Å². The van der Waals surface area contributed by atoms with Crippen molar-refractivity contribution < 1.29 is 14.0 Å². The lowest BCUT2D eigenvalue weighted by atomic mass is 10.1. The van der Waals surface area contributed by atoms with E-state index in [1.54, 1.807) is 36.0 Å². The van der Waals surface area contributed by atoms with Gasteiger partial charge in [-0.2, -0.15) is 11.8 Å². The van der Waals surface area contributed by atoms with Crippen molar-refractivity contribution in [2.75, 3.05) is 11.6 Å². The van der Waals surface area contributed by atoms with Crippen LogP contribution in [0.2, 0.25) is 0 Å². The third-order valence-corrected chi connectivity index (χ3v) is 4.56. The van der Waals surface area contributed by atoms with Gasteiger partial charge in [-0.05, 0) is 53.8 Å². The van der Waals surface area contributed by atoms with Crippen LogP contribution in [0.15, 0.2) is 71.3 Å². The molecule has 0 aliphatic carbocycles. The number of hydrogen-bond donors (Lipinski definition) is 2. The van der Waals surface area contributed by atoms with Crippen molar-refractivity contribution in [2.45, 2.75) is 12.3 Å². The molecule has 0 radical (unpaired) electrons. The highest BCUT2D eigenvalue weighted by Gasteiger charge is 2.09. The summed E-state index contributed by atoms with van der Waals surface area (Å²) in [7, 11) is 0. The first-order valence-corrected chi connectivity index (χ1v) is 9.85. The summed E-state index contributed by atoms with van der Waals surface area (Å²) in [4.78, 5) is 24.2. The number of rotatable bonds is 7. The van der Waals surface area contributed by atoms with Crippen molar-refractivity contribution in [1.29, 1.82) is 0 Å². The standard InChI is InChI=1S/C21H20N2O3S/c1-27-14-16-4-8-17(9-5-16)20(24)22-13-15-6-10-18(11-7-15)23-21(25)19-3-2-12-26-19/h2-12H,13-14H2,1H3,(H,22,24)(H,23,25). The average Bonchev–Trinajstić information content (AvgIpc) is 3.23. The van der Waals surface area contributed by atoms with Crippen molar-refractivity contribution in [3.05, 3.63) is 89.4 Å². The Hall–Kier alpha value is -2.99. The third-order valence-electron chi connectivity index (χ3n) is 3.94. The first-order chi connectivity index (χ1) is 13.2. The second-order valence-electron chi connectivity index (χ2n) is 5.94. The summed E-state index contributed by atoms with van der Waals surface area (Å²) in [6.45, 7) is 0.414. The van der Waals surface area contributed by atoms with Crippen LogP contribution in [0.4, 0.5) is 5.69 Å². The number of carbonyl (C=O) groups excluding carboxylic acids is 2. The summed E-state index contributed by atoms with van der Waals surface area (Å²) in [6, 6.07) is 18.2. The van der Waals surface area contributed by atoms with Crippen LogP contribution in [0.25, 0.3) is 0 Å². The predicted molar refractivity (Wildman–Crippen MR) is 108 cm³/mol. The molecule has 2 aromatic carbocycles. The first-order valence-electron chi connectivity index (χ1n) is 8.45. The topological polar surface area (TPSA) is 71.3 Å². The number of furan rings is 1. The molecule has 2 N–H and O–H groups in total. The Kier molecular flexibility index (Phi) is 6.33. The van der Waals surface area contributed by atoms with Gasteiger partial charge in [0, 0.05) is 23.5 Å². The molecule has 2 amide bonds. The summed E-state index contributed by atoms with van der Waals surface area (Å²) in [6.07, 6.45) is 3.51. The predicted octanol–water partition coefficient (Wildman–Crippen LogP) is 4.32. The Morgan fingerprint density at radius 1 is 0.926 bits per heavy atom. The molecule has 0 spiro atoms. The summed E-state index contributed by atoms with van der Waals surface area (Å²) >= 11 is 1.75. The number of carbonyl (C=O) groups is 2. The zero-order valence-corrected chi connectivity index (χ0v) is 15.7. The lowest BCUT2D eigenvalue weighted by molar-refractivity contribution is 0.0950. The van der Waals surface area contributed by atoms with Gasteiger partial charge in [0.1, 0.15) is 0 Å². The minimum Gasteiger partial charge on any atom is -0.459 e. The van der Waals surface area contributed by atoms with Crippen molar-refractivity contribution in [1.82, 2.24) is 5.32 Å². The molecular weight excluding hydrogens is 360 g/mol. The number of benzene rings is 2. The van der Waals surface area contributed by atoms with E-state index in [-0.39, 0.29) is 17.6 Å². The largest absolute Gasteiger partial charge is 0.459 e. The van der Waals surface area contributed by atoms with E-state index in [4.69, 9.17) is 4.42 Å². The fourth-order valence-electron chi connectivity index (χ4n) is 2.51. The van der Waals surface area contributed by atoms with E-state index in [0.717, 1.165) is 11.3 Å². The van der Waals surface area contributed by atoms with Crippen molar-refractivity contribution in [3.63, 3.8) is 0 Å². The fourth-order valence-corrected chi connectivity index (χ4v) is 3.04. The summed E-state index contributed by atoms with van der Waals surface area (Å²) in [5.41, 5.74) is 3.45. The molecule has 5 nitrogen and oxygen atoms in total. The van der Waals surface area contributed by atoms with Crippen molar-refractivity contribution in [3.8, 4) is 0 Å². The van der Waals surface area contributed by atoms with Crippen LogP contribution >= 0.6 is 11.8 Å². The molecule has 0 fully saturated rings. The molecule has 27 heavy (non-hydrogen) atoms. The maximum Gasteiger partial charge on any atom is 0.291 e. The zero-order chi connectivity index (χ0) is 19.1. The molecule has 3 rings (SSSR count). The zero-order valence-electron chi connectivity index (χ0n) is 14.9. The van der Waals surface area contributed by atoms with Gasteiger partial charge in [0.25, 0.3) is 11.8 Å². The molecular formula is C21H20N2O3S. The van der Waals surface area contributed by atoms with Crippen LogP contribution in [0.1, 0.15) is 32.0 Å². The van der Waals surface area contributed by atoms with E-state index < -0.39 is 0 Å². The van der Waals surface area contributed by atoms with E-state index in [2.05, 4.69) is 10.6 Å². The van der Waals surface area contributed by atoms with Gasteiger partial charge in [0.15, 0.2) is 5.76 Å². The van der Waals surface area contributed by atoms with Gasteiger partial charge in [-0.25, -0.2) is 0 Å². The quantitative estimate of drug-likeness (QED) is 0.640. The molecule has 0 bridgehead atoms. The minimum absolute atomic E-state index is 0.110. The lowest BCUT2D eigenvalue weighted by Crippen LogP contribution is -2.22. The van der Waals surface area contributed by atoms with Crippen molar-refractivity contribution in [2.24, 2.45) is 0 Å². The number of hydrogen-bond acceptors (Lipinski definition) is 4. The summed E-state index contributed by atoms with van der Waals surface area (Å²) in [5.74, 6) is 0.784. The third kappa shape index (κ3) is 5.24. The van der Waals surface area contributed by atoms with Gasteiger partial charge < -0.3 is 15.1 Å². The van der Waals surface area contributed by atoms with Crippen LogP contribution in [0, 0.1) is 0 Å². The highest BCUT2D eigenvalue weighted by atomic mass is 32.2. The molecule has 0 aliphatic rings. The summed E-state index contributed by atoms with van der Waals surface area (Å²) in [5, 5.41) is 5.66. The molecule has 3 aromatic rings. The Labute approximate surface area is 162 Å². The van der Waals surface area contributed by atoms with Gasteiger partial charge in [-0.1, -0.05) is 24.3 Å². The molecule has 0 unspecified atom stereocenters. The van der Waals surface area contributed by atoms with Crippen LogP contribution < -0.4 is 10.6 Å². The Balaban J connectivity index is 1.52. The molecule has 0 atom stereocenters. The molecule has 1 heterocycles. The maximum absolute atomic E-state index is 12.2. The molecule has 0 aliphatic heterocycles. The van der Waals surface area contributed by atoms with Crippen LogP contribution in [-0.4, -0.2) is 18.1 Å². The van der Waals surface area contributed by atoms with E-state index >= 15 is 0 Å². The number of amides is 2. The molecule has 138 valence electrons. The average molecular weight is 380 g/mol. The summed E-state index contributed by atoms with van der Waals surface area (Å²) < 4.78 is 5.06.